The molecule has 2 unspecified atom stereocenters. The van der Waals surface area contributed by atoms with Gasteiger partial charge in [-0.25, -0.2) is 0 Å². The van der Waals surface area contributed by atoms with E-state index in [0.717, 1.165) is 18.1 Å². The molecule has 1 saturated heterocycles. The van der Waals surface area contributed by atoms with Gasteiger partial charge in [0.1, 0.15) is 0 Å². The molecule has 19 heavy (non-hydrogen) atoms. The van der Waals surface area contributed by atoms with Crippen LogP contribution in [-0.4, -0.2) is 29.8 Å². The number of hydrogen-bond acceptors (Lipinski definition) is 3. The van der Waals surface area contributed by atoms with Gasteiger partial charge >= 0.3 is 0 Å². The molecule has 0 amide bonds. The molecule has 2 rings (SSSR count). The fourth-order valence-electron chi connectivity index (χ4n) is 2.29. The maximum atomic E-state index is 5.33. The van der Waals surface area contributed by atoms with Crippen molar-refractivity contribution >= 4 is 17.3 Å². The first-order valence-corrected chi connectivity index (χ1v) is 7.17. The molecule has 5 heteroatoms. The third-order valence-electron chi connectivity index (χ3n) is 3.46. The van der Waals surface area contributed by atoms with Crippen LogP contribution in [0.2, 0.25) is 0 Å². The van der Waals surface area contributed by atoms with Gasteiger partial charge in [0, 0.05) is 18.6 Å². The minimum absolute atomic E-state index is 0.316. The molecule has 0 saturated carbocycles. The smallest absolute Gasteiger partial charge is 0.166 e. The van der Waals surface area contributed by atoms with Crippen molar-refractivity contribution in [2.45, 2.75) is 38.4 Å². The van der Waals surface area contributed by atoms with E-state index in [4.69, 9.17) is 12.2 Å². The molecule has 0 aliphatic carbocycles. The second kappa shape index (κ2) is 6.84. The van der Waals surface area contributed by atoms with Gasteiger partial charge in [0.25, 0.3) is 0 Å². The van der Waals surface area contributed by atoms with Gasteiger partial charge in [-0.3, -0.25) is 10.9 Å². The summed E-state index contributed by atoms with van der Waals surface area (Å²) >= 11 is 5.33. The molecule has 1 fully saturated rings. The van der Waals surface area contributed by atoms with Crippen molar-refractivity contribution in [2.75, 3.05) is 6.54 Å². The van der Waals surface area contributed by atoms with Gasteiger partial charge in [0.05, 0.1) is 6.04 Å². The van der Waals surface area contributed by atoms with Crippen molar-refractivity contribution in [1.29, 1.82) is 0 Å². The molecule has 0 aromatic heterocycles. The quantitative estimate of drug-likeness (QED) is 0.618. The Kier molecular flexibility index (Phi) is 5.13. The minimum Gasteiger partial charge on any atom is -0.362 e. The Morgan fingerprint density at radius 1 is 1.16 bits per heavy atom. The fraction of sp³-hybridized carbons (Fsp3) is 0.500. The Bertz CT molecular complexity index is 399. The lowest BCUT2D eigenvalue weighted by Crippen LogP contribution is -2.50. The average Bonchev–Trinajstić information content (AvgIpc) is 2.72. The summed E-state index contributed by atoms with van der Waals surface area (Å²) in [6.07, 6.45) is 0.981. The first-order chi connectivity index (χ1) is 9.16. The van der Waals surface area contributed by atoms with Crippen LogP contribution in [0, 0.1) is 0 Å². The van der Waals surface area contributed by atoms with E-state index in [9.17, 15) is 0 Å². The Morgan fingerprint density at radius 3 is 2.42 bits per heavy atom. The molecule has 1 aromatic rings. The van der Waals surface area contributed by atoms with Crippen LogP contribution >= 0.6 is 12.2 Å². The molecule has 1 aromatic carbocycles. The molecule has 0 bridgehead atoms. The SMILES string of the molecule is CC1NNC(C)C1NC(=S)NCCc1ccccc1. The van der Waals surface area contributed by atoms with Crippen molar-refractivity contribution in [3.63, 3.8) is 0 Å². The number of hydrogen-bond donors (Lipinski definition) is 4. The standard InChI is InChI=1S/C14H22N4S/c1-10-13(11(2)18-17-10)16-14(19)15-9-8-12-6-4-3-5-7-12/h3-7,10-11,13,17-18H,8-9H2,1-2H3,(H2,15,16,19). The van der Waals surface area contributed by atoms with Gasteiger partial charge in [-0.1, -0.05) is 30.3 Å². The number of thiocarbonyl (C=S) groups is 1. The molecular formula is C14H22N4S. The molecule has 1 aliphatic heterocycles. The maximum Gasteiger partial charge on any atom is 0.166 e. The van der Waals surface area contributed by atoms with Crippen LogP contribution in [0.15, 0.2) is 30.3 Å². The molecule has 104 valence electrons. The lowest BCUT2D eigenvalue weighted by Gasteiger charge is -2.21. The fourth-order valence-corrected chi connectivity index (χ4v) is 2.53. The second-order valence-corrected chi connectivity index (χ2v) is 5.44. The van der Waals surface area contributed by atoms with Crippen LogP contribution in [0.3, 0.4) is 0 Å². The topological polar surface area (TPSA) is 48.1 Å². The zero-order chi connectivity index (χ0) is 13.7. The largest absolute Gasteiger partial charge is 0.362 e. The maximum absolute atomic E-state index is 5.33. The monoisotopic (exact) mass is 278 g/mol. The third kappa shape index (κ3) is 4.16. The lowest BCUT2D eigenvalue weighted by atomic mass is 10.1. The first-order valence-electron chi connectivity index (χ1n) is 6.76. The molecule has 4 N–H and O–H groups in total. The highest BCUT2D eigenvalue weighted by atomic mass is 32.1. The van der Waals surface area contributed by atoms with Crippen LogP contribution in [0.4, 0.5) is 0 Å². The van der Waals surface area contributed by atoms with Crippen molar-refractivity contribution in [2.24, 2.45) is 0 Å². The third-order valence-corrected chi connectivity index (χ3v) is 3.72. The van der Waals surface area contributed by atoms with E-state index in [2.05, 4.69) is 59.6 Å². The van der Waals surface area contributed by atoms with Gasteiger partial charge in [-0.05, 0) is 38.0 Å². The predicted octanol–water partition coefficient (Wildman–Crippen LogP) is 0.947. The highest BCUT2D eigenvalue weighted by Gasteiger charge is 2.29. The Hall–Kier alpha value is -1.17. The molecular weight excluding hydrogens is 256 g/mol. The molecule has 0 spiro atoms. The van der Waals surface area contributed by atoms with E-state index < -0.39 is 0 Å². The van der Waals surface area contributed by atoms with Crippen LogP contribution in [-0.2, 0) is 6.42 Å². The van der Waals surface area contributed by atoms with Gasteiger partial charge < -0.3 is 10.6 Å². The highest BCUT2D eigenvalue weighted by Crippen LogP contribution is 2.05. The summed E-state index contributed by atoms with van der Waals surface area (Å²) in [4.78, 5) is 0. The number of rotatable bonds is 4. The van der Waals surface area contributed by atoms with E-state index in [-0.39, 0.29) is 0 Å². The molecule has 1 aliphatic rings. The summed E-state index contributed by atoms with van der Waals surface area (Å²) in [6, 6.07) is 11.5. The second-order valence-electron chi connectivity index (χ2n) is 5.03. The van der Waals surface area contributed by atoms with E-state index in [0.29, 0.717) is 18.1 Å². The van der Waals surface area contributed by atoms with Crippen LogP contribution in [0.25, 0.3) is 0 Å². The van der Waals surface area contributed by atoms with E-state index in [1.54, 1.807) is 0 Å². The average molecular weight is 278 g/mol. The Balaban J connectivity index is 1.70. The summed E-state index contributed by atoms with van der Waals surface area (Å²) < 4.78 is 0. The summed E-state index contributed by atoms with van der Waals surface area (Å²) in [5.74, 6) is 0. The predicted molar refractivity (Wildman–Crippen MR) is 82.9 cm³/mol. The first kappa shape index (κ1) is 14.2. The summed E-state index contributed by atoms with van der Waals surface area (Å²) in [5.41, 5.74) is 7.74. The van der Waals surface area contributed by atoms with Crippen molar-refractivity contribution in [1.82, 2.24) is 21.5 Å². The molecule has 2 atom stereocenters. The number of benzene rings is 1. The normalized spacial score (nSPS) is 26.1. The van der Waals surface area contributed by atoms with E-state index >= 15 is 0 Å². The zero-order valence-electron chi connectivity index (χ0n) is 11.4. The van der Waals surface area contributed by atoms with Gasteiger partial charge in [-0.15, -0.1) is 0 Å². The van der Waals surface area contributed by atoms with Gasteiger partial charge in [-0.2, -0.15) is 0 Å². The van der Waals surface area contributed by atoms with E-state index in [1.807, 2.05) is 6.07 Å². The lowest BCUT2D eigenvalue weighted by molar-refractivity contribution is 0.513. The van der Waals surface area contributed by atoms with Crippen molar-refractivity contribution in [3.05, 3.63) is 35.9 Å². The summed E-state index contributed by atoms with van der Waals surface area (Å²) in [7, 11) is 0. The number of nitrogens with one attached hydrogen (secondary N) is 4. The Labute approximate surface area is 120 Å². The van der Waals surface area contributed by atoms with E-state index in [1.165, 1.54) is 5.56 Å². The van der Waals surface area contributed by atoms with Gasteiger partial charge in [0.2, 0.25) is 0 Å². The molecule has 1 heterocycles. The molecule has 0 radical (unpaired) electrons. The Morgan fingerprint density at radius 2 is 1.79 bits per heavy atom. The zero-order valence-corrected chi connectivity index (χ0v) is 12.3. The van der Waals surface area contributed by atoms with Crippen molar-refractivity contribution in [3.8, 4) is 0 Å². The number of hydrazine groups is 1. The molecule has 4 nitrogen and oxygen atoms in total. The highest BCUT2D eigenvalue weighted by molar-refractivity contribution is 7.80. The van der Waals surface area contributed by atoms with Crippen LogP contribution in [0.5, 0.6) is 0 Å². The summed E-state index contributed by atoms with van der Waals surface area (Å²) in [5, 5.41) is 7.35. The van der Waals surface area contributed by atoms with Crippen LogP contribution in [0.1, 0.15) is 19.4 Å². The van der Waals surface area contributed by atoms with Crippen LogP contribution < -0.4 is 21.5 Å². The summed E-state index contributed by atoms with van der Waals surface area (Å²) in [6.45, 7) is 5.13. The van der Waals surface area contributed by atoms with Crippen molar-refractivity contribution < 1.29 is 0 Å². The van der Waals surface area contributed by atoms with Gasteiger partial charge in [0.15, 0.2) is 5.11 Å². The minimum atomic E-state index is 0.316.